The largest absolute Gasteiger partial charge is 0.314 e. The van der Waals surface area contributed by atoms with Crippen molar-refractivity contribution in [1.82, 2.24) is 5.32 Å². The zero-order valence-electron chi connectivity index (χ0n) is 14.9. The summed E-state index contributed by atoms with van der Waals surface area (Å²) in [6, 6.07) is 0.650. The van der Waals surface area contributed by atoms with E-state index in [4.69, 9.17) is 0 Å². The molecule has 0 aromatic carbocycles. The van der Waals surface area contributed by atoms with Gasteiger partial charge in [-0.1, -0.05) is 72.1 Å². The molecule has 2 aliphatic rings. The molecular formula is C20H39N. The molecule has 0 aliphatic heterocycles. The van der Waals surface area contributed by atoms with Gasteiger partial charge in [0.05, 0.1) is 0 Å². The van der Waals surface area contributed by atoms with Gasteiger partial charge in [0.25, 0.3) is 0 Å². The summed E-state index contributed by atoms with van der Waals surface area (Å²) in [5.41, 5.74) is 0.681. The van der Waals surface area contributed by atoms with Gasteiger partial charge in [-0.2, -0.15) is 0 Å². The Labute approximate surface area is 133 Å². The average molecular weight is 294 g/mol. The van der Waals surface area contributed by atoms with Crippen LogP contribution in [0.4, 0.5) is 0 Å². The predicted molar refractivity (Wildman–Crippen MR) is 93.6 cm³/mol. The van der Waals surface area contributed by atoms with Crippen molar-refractivity contribution in [2.24, 2.45) is 17.3 Å². The van der Waals surface area contributed by atoms with Crippen LogP contribution >= 0.6 is 0 Å². The maximum absolute atomic E-state index is 3.74. The lowest BCUT2D eigenvalue weighted by Crippen LogP contribution is -2.36. The molecule has 124 valence electrons. The van der Waals surface area contributed by atoms with Crippen LogP contribution in [0.1, 0.15) is 97.8 Å². The fourth-order valence-corrected chi connectivity index (χ4v) is 4.50. The Hall–Kier alpha value is -0.0400. The topological polar surface area (TPSA) is 12.0 Å². The van der Waals surface area contributed by atoms with E-state index in [1.807, 2.05) is 0 Å². The smallest absolute Gasteiger partial charge is 0.00106 e. The molecule has 0 saturated heterocycles. The van der Waals surface area contributed by atoms with Crippen molar-refractivity contribution < 1.29 is 0 Å². The molecule has 2 saturated carbocycles. The Balaban J connectivity index is 1.57. The molecule has 0 aromatic heterocycles. The predicted octanol–water partition coefficient (Wildman–Crippen LogP) is 5.93. The van der Waals surface area contributed by atoms with Gasteiger partial charge in [0.2, 0.25) is 0 Å². The van der Waals surface area contributed by atoms with E-state index in [0.29, 0.717) is 11.5 Å². The standard InChI is InChI=1S/C20H39N/c1-4-5-6-7-8-9-10-11-12-20(16-21-17(2)3)14-18-13-19(18)15-20/h17-19,21H,4-16H2,1-3H3. The molecule has 21 heavy (non-hydrogen) atoms. The summed E-state index contributed by atoms with van der Waals surface area (Å²) in [6.07, 6.45) is 17.8. The molecule has 0 aromatic rings. The first-order chi connectivity index (χ1) is 10.2. The van der Waals surface area contributed by atoms with Gasteiger partial charge in [0.1, 0.15) is 0 Å². The number of fused-ring (bicyclic) bond motifs is 1. The van der Waals surface area contributed by atoms with Crippen LogP contribution < -0.4 is 5.32 Å². The minimum Gasteiger partial charge on any atom is -0.314 e. The number of hydrogen-bond acceptors (Lipinski definition) is 1. The number of nitrogens with one attached hydrogen (secondary N) is 1. The highest BCUT2D eigenvalue weighted by Crippen LogP contribution is 2.61. The third kappa shape index (κ3) is 5.93. The highest BCUT2D eigenvalue weighted by atomic mass is 14.9. The van der Waals surface area contributed by atoms with Gasteiger partial charge in [-0.05, 0) is 42.9 Å². The Morgan fingerprint density at radius 2 is 1.48 bits per heavy atom. The quantitative estimate of drug-likeness (QED) is 0.440. The van der Waals surface area contributed by atoms with Crippen molar-refractivity contribution in [3.63, 3.8) is 0 Å². The summed E-state index contributed by atoms with van der Waals surface area (Å²) < 4.78 is 0. The third-order valence-electron chi connectivity index (χ3n) is 5.91. The fourth-order valence-electron chi connectivity index (χ4n) is 4.50. The Morgan fingerprint density at radius 3 is 2.05 bits per heavy atom. The number of rotatable bonds is 12. The van der Waals surface area contributed by atoms with Gasteiger partial charge in [-0.15, -0.1) is 0 Å². The maximum atomic E-state index is 3.74. The van der Waals surface area contributed by atoms with E-state index < -0.39 is 0 Å². The molecule has 1 N–H and O–H groups in total. The van der Waals surface area contributed by atoms with Gasteiger partial charge in [0.15, 0.2) is 0 Å². The maximum Gasteiger partial charge on any atom is 0.00106 e. The SMILES string of the molecule is CCCCCCCCCCC1(CNC(C)C)CC2CC2C1. The van der Waals surface area contributed by atoms with Crippen LogP contribution in [-0.4, -0.2) is 12.6 Å². The van der Waals surface area contributed by atoms with Crippen LogP contribution in [0.25, 0.3) is 0 Å². The molecule has 2 rings (SSSR count). The molecule has 1 nitrogen and oxygen atoms in total. The van der Waals surface area contributed by atoms with Crippen LogP contribution in [-0.2, 0) is 0 Å². The Kier molecular flexibility index (Phi) is 7.05. The molecule has 2 fully saturated rings. The van der Waals surface area contributed by atoms with Crippen molar-refractivity contribution in [2.45, 2.75) is 104 Å². The molecule has 2 unspecified atom stereocenters. The lowest BCUT2D eigenvalue weighted by Gasteiger charge is -2.32. The van der Waals surface area contributed by atoms with Crippen molar-refractivity contribution in [2.75, 3.05) is 6.54 Å². The van der Waals surface area contributed by atoms with E-state index in [1.54, 1.807) is 6.42 Å². The zero-order chi connectivity index (χ0) is 15.1. The van der Waals surface area contributed by atoms with Crippen LogP contribution in [0.15, 0.2) is 0 Å². The first-order valence-electron chi connectivity index (χ1n) is 9.88. The number of hydrogen-bond donors (Lipinski definition) is 1. The first kappa shape index (κ1) is 17.3. The fraction of sp³-hybridized carbons (Fsp3) is 1.00. The summed E-state index contributed by atoms with van der Waals surface area (Å²) in [5, 5.41) is 3.74. The van der Waals surface area contributed by atoms with E-state index in [2.05, 4.69) is 26.1 Å². The Bertz CT molecular complexity index is 274. The molecule has 0 amide bonds. The van der Waals surface area contributed by atoms with Crippen molar-refractivity contribution in [1.29, 1.82) is 0 Å². The Morgan fingerprint density at radius 1 is 0.905 bits per heavy atom. The van der Waals surface area contributed by atoms with Crippen LogP contribution in [0.2, 0.25) is 0 Å². The molecule has 2 aliphatic carbocycles. The minimum atomic E-state index is 0.650. The summed E-state index contributed by atoms with van der Waals surface area (Å²) in [7, 11) is 0. The monoisotopic (exact) mass is 293 g/mol. The van der Waals surface area contributed by atoms with Gasteiger partial charge >= 0.3 is 0 Å². The summed E-state index contributed by atoms with van der Waals surface area (Å²) in [6.45, 7) is 8.17. The molecule has 0 radical (unpaired) electrons. The molecule has 1 heteroatoms. The summed E-state index contributed by atoms with van der Waals surface area (Å²) in [4.78, 5) is 0. The van der Waals surface area contributed by atoms with E-state index in [0.717, 1.165) is 11.8 Å². The zero-order valence-corrected chi connectivity index (χ0v) is 14.9. The van der Waals surface area contributed by atoms with Crippen molar-refractivity contribution >= 4 is 0 Å². The van der Waals surface area contributed by atoms with Gasteiger partial charge in [-0.25, -0.2) is 0 Å². The van der Waals surface area contributed by atoms with Gasteiger partial charge < -0.3 is 5.32 Å². The second kappa shape index (κ2) is 8.56. The summed E-state index contributed by atoms with van der Waals surface area (Å²) >= 11 is 0. The van der Waals surface area contributed by atoms with Crippen LogP contribution in [0.3, 0.4) is 0 Å². The third-order valence-corrected chi connectivity index (χ3v) is 5.91. The number of unbranched alkanes of at least 4 members (excludes halogenated alkanes) is 7. The molecule has 2 atom stereocenters. The normalized spacial score (nSPS) is 30.9. The lowest BCUT2D eigenvalue weighted by atomic mass is 9.78. The highest BCUT2D eigenvalue weighted by molar-refractivity contribution is 5.04. The van der Waals surface area contributed by atoms with E-state index in [1.165, 1.54) is 77.2 Å². The van der Waals surface area contributed by atoms with Gasteiger partial charge in [-0.3, -0.25) is 0 Å². The molecule has 0 spiro atoms. The van der Waals surface area contributed by atoms with E-state index in [-0.39, 0.29) is 0 Å². The van der Waals surface area contributed by atoms with E-state index in [9.17, 15) is 0 Å². The van der Waals surface area contributed by atoms with Crippen molar-refractivity contribution in [3.05, 3.63) is 0 Å². The lowest BCUT2D eigenvalue weighted by molar-refractivity contribution is 0.216. The molecular weight excluding hydrogens is 254 g/mol. The van der Waals surface area contributed by atoms with Crippen molar-refractivity contribution in [3.8, 4) is 0 Å². The minimum absolute atomic E-state index is 0.650. The van der Waals surface area contributed by atoms with E-state index >= 15 is 0 Å². The highest BCUT2D eigenvalue weighted by Gasteiger charge is 2.52. The molecule has 0 bridgehead atoms. The second-order valence-electron chi connectivity index (χ2n) is 8.42. The average Bonchev–Trinajstić information content (AvgIpc) is 3.08. The first-order valence-corrected chi connectivity index (χ1v) is 9.88. The second-order valence-corrected chi connectivity index (χ2v) is 8.42. The molecule has 0 heterocycles. The van der Waals surface area contributed by atoms with Crippen LogP contribution in [0.5, 0.6) is 0 Å². The van der Waals surface area contributed by atoms with Crippen LogP contribution in [0, 0.1) is 17.3 Å². The summed E-state index contributed by atoms with van der Waals surface area (Å²) in [5.74, 6) is 2.24. The van der Waals surface area contributed by atoms with Gasteiger partial charge in [0, 0.05) is 12.6 Å².